The number of phenolic OH excluding ortho intramolecular Hbond substituents is 1. The molecule has 0 radical (unpaired) electrons. The first-order chi connectivity index (χ1) is 13.4. The number of aliphatic carboxylic acids is 1. The molecule has 0 amide bonds. The Balaban J connectivity index is 1.97. The quantitative estimate of drug-likeness (QED) is 0.761. The minimum absolute atomic E-state index is 0.0717. The van der Waals surface area contributed by atoms with Crippen molar-refractivity contribution in [1.29, 1.82) is 0 Å². The maximum atomic E-state index is 13.2. The van der Waals surface area contributed by atoms with Crippen molar-refractivity contribution in [2.75, 3.05) is 12.3 Å². The first-order valence-corrected chi connectivity index (χ1v) is 11.7. The lowest BCUT2D eigenvalue weighted by molar-refractivity contribution is -0.142. The van der Waals surface area contributed by atoms with Gasteiger partial charge in [0.15, 0.2) is 0 Å². The van der Waals surface area contributed by atoms with Crippen LogP contribution in [0.2, 0.25) is 0 Å². The average molecular weight is 436 g/mol. The van der Waals surface area contributed by atoms with Crippen LogP contribution in [0.5, 0.6) is 5.75 Å². The van der Waals surface area contributed by atoms with Gasteiger partial charge in [-0.25, -0.2) is 8.42 Å². The van der Waals surface area contributed by atoms with Gasteiger partial charge in [-0.15, -0.1) is 0 Å². The summed E-state index contributed by atoms with van der Waals surface area (Å²) in [5, 5.41) is 19.6. The summed E-state index contributed by atoms with van der Waals surface area (Å²) in [6, 6.07) is 8.99. The SMILES string of the molecule is Cc1cc(-c2ccc(S(=O)(=O)N3CCSC(C)(C)C3C(=O)O)cc2)cc(C)c1O. The van der Waals surface area contributed by atoms with Crippen LogP contribution in [0.1, 0.15) is 25.0 Å². The lowest BCUT2D eigenvalue weighted by Crippen LogP contribution is -2.58. The molecule has 1 saturated heterocycles. The first-order valence-electron chi connectivity index (χ1n) is 9.24. The predicted molar refractivity (Wildman–Crippen MR) is 115 cm³/mol. The predicted octanol–water partition coefficient (Wildman–Crippen LogP) is 3.65. The van der Waals surface area contributed by atoms with Crippen molar-refractivity contribution in [1.82, 2.24) is 4.31 Å². The molecule has 6 nitrogen and oxygen atoms in total. The van der Waals surface area contributed by atoms with Crippen LogP contribution in [0.15, 0.2) is 41.3 Å². The van der Waals surface area contributed by atoms with Crippen molar-refractivity contribution in [3.05, 3.63) is 47.5 Å². The molecule has 0 aliphatic carbocycles. The summed E-state index contributed by atoms with van der Waals surface area (Å²) in [6.45, 7) is 7.30. The Morgan fingerprint density at radius 3 is 2.17 bits per heavy atom. The molecule has 1 heterocycles. The topological polar surface area (TPSA) is 94.9 Å². The van der Waals surface area contributed by atoms with E-state index in [1.807, 2.05) is 26.0 Å². The summed E-state index contributed by atoms with van der Waals surface area (Å²) in [5.74, 6) is -0.351. The number of rotatable bonds is 4. The summed E-state index contributed by atoms with van der Waals surface area (Å²) in [6.07, 6.45) is 0. The van der Waals surface area contributed by atoms with Crippen LogP contribution in [0, 0.1) is 13.8 Å². The zero-order valence-corrected chi connectivity index (χ0v) is 18.5. The Morgan fingerprint density at radius 1 is 1.10 bits per heavy atom. The standard InChI is InChI=1S/C21H25NO5S2/c1-13-11-16(12-14(2)18(13)23)15-5-7-17(8-6-15)29(26,27)22-9-10-28-21(3,4)19(22)20(24)25/h5-8,11-12,19,23H,9-10H2,1-4H3,(H,24,25). The second-order valence-corrected chi connectivity index (χ2v) is 11.4. The fourth-order valence-electron chi connectivity index (χ4n) is 3.71. The largest absolute Gasteiger partial charge is 0.507 e. The number of thioether (sulfide) groups is 1. The molecule has 8 heteroatoms. The lowest BCUT2D eigenvalue weighted by atomic mass is 10.00. The van der Waals surface area contributed by atoms with Gasteiger partial charge in [0.2, 0.25) is 10.0 Å². The molecule has 0 bridgehead atoms. The molecule has 0 aromatic heterocycles. The van der Waals surface area contributed by atoms with Crippen molar-refractivity contribution in [2.45, 2.75) is 43.4 Å². The van der Waals surface area contributed by atoms with Crippen LogP contribution < -0.4 is 0 Å². The van der Waals surface area contributed by atoms with Crippen molar-refractivity contribution < 1.29 is 23.4 Å². The zero-order chi connectivity index (χ0) is 21.6. The van der Waals surface area contributed by atoms with Gasteiger partial charge in [0.1, 0.15) is 11.8 Å². The Morgan fingerprint density at radius 2 is 1.66 bits per heavy atom. The lowest BCUT2D eigenvalue weighted by Gasteiger charge is -2.42. The third-order valence-electron chi connectivity index (χ3n) is 5.25. The molecule has 1 aliphatic heterocycles. The Bertz CT molecular complexity index is 1020. The van der Waals surface area contributed by atoms with E-state index in [9.17, 15) is 23.4 Å². The van der Waals surface area contributed by atoms with Crippen LogP contribution in [0.4, 0.5) is 0 Å². The van der Waals surface area contributed by atoms with Gasteiger partial charge >= 0.3 is 5.97 Å². The number of carbonyl (C=O) groups is 1. The maximum absolute atomic E-state index is 13.2. The molecule has 2 aromatic carbocycles. The molecule has 1 aliphatic rings. The van der Waals surface area contributed by atoms with E-state index in [0.717, 1.165) is 26.6 Å². The number of aromatic hydroxyl groups is 1. The number of carboxylic acids is 1. The van der Waals surface area contributed by atoms with Gasteiger partial charge in [0, 0.05) is 17.0 Å². The molecule has 0 spiro atoms. The van der Waals surface area contributed by atoms with E-state index in [1.54, 1.807) is 26.0 Å². The second kappa shape index (κ2) is 7.66. The van der Waals surface area contributed by atoms with Crippen LogP contribution in [-0.4, -0.2) is 52.0 Å². The van der Waals surface area contributed by atoms with Crippen LogP contribution >= 0.6 is 11.8 Å². The third kappa shape index (κ3) is 4.01. The van der Waals surface area contributed by atoms with E-state index in [-0.39, 0.29) is 17.2 Å². The van der Waals surface area contributed by atoms with E-state index in [2.05, 4.69) is 0 Å². The Labute approximate surface area is 175 Å². The number of hydrogen-bond donors (Lipinski definition) is 2. The molecular formula is C21H25NO5S2. The summed E-state index contributed by atoms with van der Waals surface area (Å²) in [5.41, 5.74) is 3.18. The molecule has 3 rings (SSSR count). The highest BCUT2D eigenvalue weighted by atomic mass is 32.2. The highest BCUT2D eigenvalue weighted by Gasteiger charge is 2.48. The van der Waals surface area contributed by atoms with Crippen LogP contribution in [0.25, 0.3) is 11.1 Å². The second-order valence-electron chi connectivity index (χ2n) is 7.79. The molecule has 29 heavy (non-hydrogen) atoms. The van der Waals surface area contributed by atoms with E-state index in [1.165, 1.54) is 23.9 Å². The number of hydrogen-bond acceptors (Lipinski definition) is 5. The number of carboxylic acid groups (broad SMARTS) is 1. The van der Waals surface area contributed by atoms with Gasteiger partial charge in [-0.05, 0) is 74.2 Å². The Hall–Kier alpha value is -2.03. The monoisotopic (exact) mass is 435 g/mol. The number of benzene rings is 2. The van der Waals surface area contributed by atoms with Gasteiger partial charge in [-0.3, -0.25) is 4.79 Å². The number of aryl methyl sites for hydroxylation is 2. The molecule has 2 aromatic rings. The molecule has 0 saturated carbocycles. The fraction of sp³-hybridized carbons (Fsp3) is 0.381. The summed E-state index contributed by atoms with van der Waals surface area (Å²) >= 11 is 1.47. The van der Waals surface area contributed by atoms with Crippen molar-refractivity contribution >= 4 is 27.8 Å². The zero-order valence-electron chi connectivity index (χ0n) is 16.8. The minimum atomic E-state index is -3.95. The number of sulfonamides is 1. The van der Waals surface area contributed by atoms with Gasteiger partial charge in [0.05, 0.1) is 4.90 Å². The highest BCUT2D eigenvalue weighted by molar-refractivity contribution is 8.00. The first kappa shape index (κ1) is 21.7. The van der Waals surface area contributed by atoms with E-state index < -0.39 is 26.8 Å². The van der Waals surface area contributed by atoms with E-state index in [4.69, 9.17) is 0 Å². The van der Waals surface area contributed by atoms with Gasteiger partial charge < -0.3 is 10.2 Å². The fourth-order valence-corrected chi connectivity index (χ4v) is 6.81. The van der Waals surface area contributed by atoms with Gasteiger partial charge in [0.25, 0.3) is 0 Å². The van der Waals surface area contributed by atoms with Crippen LogP contribution in [-0.2, 0) is 14.8 Å². The van der Waals surface area contributed by atoms with Crippen molar-refractivity contribution in [2.24, 2.45) is 0 Å². The maximum Gasteiger partial charge on any atom is 0.323 e. The molecule has 156 valence electrons. The number of phenols is 1. The molecule has 1 atom stereocenters. The summed E-state index contributed by atoms with van der Waals surface area (Å²) in [7, 11) is -3.95. The molecule has 2 N–H and O–H groups in total. The molecular weight excluding hydrogens is 410 g/mol. The normalized spacial score (nSPS) is 19.8. The minimum Gasteiger partial charge on any atom is -0.507 e. The van der Waals surface area contributed by atoms with Crippen LogP contribution in [0.3, 0.4) is 0 Å². The smallest absolute Gasteiger partial charge is 0.323 e. The van der Waals surface area contributed by atoms with E-state index in [0.29, 0.717) is 5.75 Å². The molecule has 1 fully saturated rings. The van der Waals surface area contributed by atoms with Gasteiger partial charge in [-0.2, -0.15) is 16.1 Å². The molecule has 1 unspecified atom stereocenters. The van der Waals surface area contributed by atoms with E-state index >= 15 is 0 Å². The van der Waals surface area contributed by atoms with Crippen molar-refractivity contribution in [3.8, 4) is 16.9 Å². The van der Waals surface area contributed by atoms with Gasteiger partial charge in [-0.1, -0.05) is 12.1 Å². The summed E-state index contributed by atoms with van der Waals surface area (Å²) in [4.78, 5) is 11.9. The van der Waals surface area contributed by atoms with Crippen molar-refractivity contribution in [3.63, 3.8) is 0 Å². The Kier molecular flexibility index (Phi) is 5.73. The number of nitrogens with zero attached hydrogens (tertiary/aromatic N) is 1. The highest BCUT2D eigenvalue weighted by Crippen LogP contribution is 2.38. The summed E-state index contributed by atoms with van der Waals surface area (Å²) < 4.78 is 26.8. The average Bonchev–Trinajstić information content (AvgIpc) is 2.64. The third-order valence-corrected chi connectivity index (χ3v) is 8.48.